The second kappa shape index (κ2) is 9.52. The lowest BCUT2D eigenvalue weighted by molar-refractivity contribution is -0.126. The fourth-order valence-electron chi connectivity index (χ4n) is 3.17. The number of benzene rings is 2. The summed E-state index contributed by atoms with van der Waals surface area (Å²) in [6, 6.07) is 12.3. The smallest absolute Gasteiger partial charge is 0.227 e. The van der Waals surface area contributed by atoms with Crippen molar-refractivity contribution in [3.8, 4) is 17.2 Å². The zero-order valence-corrected chi connectivity index (χ0v) is 17.1. The van der Waals surface area contributed by atoms with Crippen LogP contribution in [0.15, 0.2) is 42.5 Å². The Kier molecular flexibility index (Phi) is 6.82. The molecule has 29 heavy (non-hydrogen) atoms. The summed E-state index contributed by atoms with van der Waals surface area (Å²) in [6.07, 6.45) is 0.137. The number of halogens is 1. The summed E-state index contributed by atoms with van der Waals surface area (Å²) in [7, 11) is 3.12. The van der Waals surface area contributed by atoms with Crippen molar-refractivity contribution in [1.29, 1.82) is 0 Å². The number of hydrogen-bond acceptors (Lipinski definition) is 5. The molecule has 1 fully saturated rings. The highest BCUT2D eigenvalue weighted by Gasteiger charge is 2.36. The molecule has 0 bridgehead atoms. The maximum Gasteiger partial charge on any atom is 0.227 e. The molecule has 1 heterocycles. The minimum absolute atomic E-state index is 0.137. The van der Waals surface area contributed by atoms with Crippen molar-refractivity contribution in [2.75, 3.05) is 38.8 Å². The van der Waals surface area contributed by atoms with Gasteiger partial charge in [0.25, 0.3) is 0 Å². The van der Waals surface area contributed by atoms with E-state index >= 15 is 0 Å². The molecule has 1 aliphatic heterocycles. The molecule has 7 nitrogen and oxygen atoms in total. The van der Waals surface area contributed by atoms with Gasteiger partial charge in [-0.3, -0.25) is 9.59 Å². The monoisotopic (exact) mass is 418 g/mol. The van der Waals surface area contributed by atoms with Crippen LogP contribution in [0.5, 0.6) is 17.2 Å². The quantitative estimate of drug-likeness (QED) is 0.667. The Labute approximate surface area is 174 Å². The summed E-state index contributed by atoms with van der Waals surface area (Å²) in [4.78, 5) is 26.5. The molecule has 2 aromatic carbocycles. The molecule has 0 aliphatic carbocycles. The van der Waals surface area contributed by atoms with Crippen LogP contribution in [0.3, 0.4) is 0 Å². The van der Waals surface area contributed by atoms with Gasteiger partial charge in [-0.05, 0) is 30.3 Å². The number of nitrogens with zero attached hydrogens (tertiary/aromatic N) is 1. The summed E-state index contributed by atoms with van der Waals surface area (Å²) in [6.45, 7) is 0.921. The van der Waals surface area contributed by atoms with Crippen molar-refractivity contribution in [2.24, 2.45) is 5.92 Å². The zero-order valence-electron chi connectivity index (χ0n) is 16.3. The van der Waals surface area contributed by atoms with Crippen LogP contribution in [0.1, 0.15) is 6.42 Å². The minimum atomic E-state index is -0.442. The van der Waals surface area contributed by atoms with E-state index in [4.69, 9.17) is 25.8 Å². The van der Waals surface area contributed by atoms with E-state index < -0.39 is 5.92 Å². The Morgan fingerprint density at radius 3 is 2.72 bits per heavy atom. The standard InChI is InChI=1S/C21H23ClN2O5/c1-27-16-4-3-5-17(12-16)29-9-8-23-21(26)14-10-20(25)24(13-14)18-11-15(22)6-7-19(18)28-2/h3-7,11-12,14H,8-10,13H2,1-2H3,(H,23,26). The van der Waals surface area contributed by atoms with Crippen LogP contribution in [0.2, 0.25) is 5.02 Å². The van der Waals surface area contributed by atoms with E-state index in [1.165, 1.54) is 7.11 Å². The Morgan fingerprint density at radius 2 is 1.97 bits per heavy atom. The molecule has 0 spiro atoms. The number of methoxy groups -OCH3 is 2. The fraction of sp³-hybridized carbons (Fsp3) is 0.333. The molecule has 2 amide bonds. The van der Waals surface area contributed by atoms with Gasteiger partial charge < -0.3 is 24.4 Å². The Hall–Kier alpha value is -2.93. The molecule has 1 saturated heterocycles. The van der Waals surface area contributed by atoms with Gasteiger partial charge in [0.2, 0.25) is 11.8 Å². The summed E-state index contributed by atoms with van der Waals surface area (Å²) in [5.74, 6) is 1.13. The number of nitrogens with one attached hydrogen (secondary N) is 1. The molecule has 8 heteroatoms. The lowest BCUT2D eigenvalue weighted by Gasteiger charge is -2.20. The summed E-state index contributed by atoms with van der Waals surface area (Å²) in [5, 5.41) is 3.32. The first-order chi connectivity index (χ1) is 14.0. The third-order valence-electron chi connectivity index (χ3n) is 4.64. The number of anilines is 1. The number of hydrogen-bond donors (Lipinski definition) is 1. The second-order valence-corrected chi connectivity index (χ2v) is 6.98. The minimum Gasteiger partial charge on any atom is -0.497 e. The van der Waals surface area contributed by atoms with Crippen LogP contribution in [-0.4, -0.2) is 45.7 Å². The van der Waals surface area contributed by atoms with Gasteiger partial charge in [0.1, 0.15) is 23.9 Å². The van der Waals surface area contributed by atoms with Gasteiger partial charge in [0, 0.05) is 24.1 Å². The first-order valence-corrected chi connectivity index (χ1v) is 9.58. The lowest BCUT2D eigenvalue weighted by atomic mass is 10.1. The average molecular weight is 419 g/mol. The first kappa shape index (κ1) is 20.8. The van der Waals surface area contributed by atoms with Gasteiger partial charge in [0.05, 0.1) is 32.4 Å². The number of ether oxygens (including phenoxy) is 3. The van der Waals surface area contributed by atoms with Crippen LogP contribution in [-0.2, 0) is 9.59 Å². The van der Waals surface area contributed by atoms with Crippen molar-refractivity contribution >= 4 is 29.1 Å². The van der Waals surface area contributed by atoms with Crippen molar-refractivity contribution in [1.82, 2.24) is 5.32 Å². The van der Waals surface area contributed by atoms with Crippen molar-refractivity contribution in [3.05, 3.63) is 47.5 Å². The molecule has 1 atom stereocenters. The van der Waals surface area contributed by atoms with Crippen LogP contribution >= 0.6 is 11.6 Å². The highest BCUT2D eigenvalue weighted by atomic mass is 35.5. The summed E-state index contributed by atoms with van der Waals surface area (Å²) >= 11 is 6.06. The SMILES string of the molecule is COc1cccc(OCCNC(=O)C2CC(=O)N(c3cc(Cl)ccc3OC)C2)c1. The van der Waals surface area contributed by atoms with E-state index in [-0.39, 0.29) is 24.8 Å². The maximum absolute atomic E-state index is 12.5. The number of carbonyl (C=O) groups excluding carboxylic acids is 2. The van der Waals surface area contributed by atoms with Gasteiger partial charge in [-0.25, -0.2) is 0 Å². The predicted octanol–water partition coefficient (Wildman–Crippen LogP) is 2.91. The first-order valence-electron chi connectivity index (χ1n) is 9.20. The molecule has 0 radical (unpaired) electrons. The van der Waals surface area contributed by atoms with Crippen LogP contribution in [0.25, 0.3) is 0 Å². The van der Waals surface area contributed by atoms with Crippen LogP contribution in [0.4, 0.5) is 5.69 Å². The predicted molar refractivity (Wildman–Crippen MR) is 110 cm³/mol. The van der Waals surface area contributed by atoms with E-state index in [1.54, 1.807) is 36.3 Å². The van der Waals surface area contributed by atoms with Crippen molar-refractivity contribution < 1.29 is 23.8 Å². The van der Waals surface area contributed by atoms with Crippen molar-refractivity contribution in [3.63, 3.8) is 0 Å². The Bertz CT molecular complexity index is 889. The third kappa shape index (κ3) is 5.12. The van der Waals surface area contributed by atoms with Gasteiger partial charge in [-0.15, -0.1) is 0 Å². The molecule has 1 aliphatic rings. The van der Waals surface area contributed by atoms with E-state index in [0.29, 0.717) is 41.1 Å². The zero-order chi connectivity index (χ0) is 20.8. The number of amides is 2. The highest BCUT2D eigenvalue weighted by Crippen LogP contribution is 2.35. The van der Waals surface area contributed by atoms with Crippen molar-refractivity contribution in [2.45, 2.75) is 6.42 Å². The number of carbonyl (C=O) groups is 2. The molecule has 3 rings (SSSR count). The van der Waals surface area contributed by atoms with E-state index in [1.807, 2.05) is 18.2 Å². The topological polar surface area (TPSA) is 77.1 Å². The molecule has 1 N–H and O–H groups in total. The van der Waals surface area contributed by atoms with E-state index in [9.17, 15) is 9.59 Å². The maximum atomic E-state index is 12.5. The fourth-order valence-corrected chi connectivity index (χ4v) is 3.33. The molecule has 154 valence electrons. The number of rotatable bonds is 8. The molecule has 0 saturated carbocycles. The third-order valence-corrected chi connectivity index (χ3v) is 4.87. The lowest BCUT2D eigenvalue weighted by Crippen LogP contribution is -2.35. The molecule has 0 aromatic heterocycles. The molecular weight excluding hydrogens is 396 g/mol. The van der Waals surface area contributed by atoms with E-state index in [2.05, 4.69) is 5.32 Å². The second-order valence-electron chi connectivity index (χ2n) is 6.54. The Balaban J connectivity index is 1.52. The molecule has 1 unspecified atom stereocenters. The van der Waals surface area contributed by atoms with Gasteiger partial charge in [0.15, 0.2) is 0 Å². The summed E-state index contributed by atoms with van der Waals surface area (Å²) in [5.41, 5.74) is 0.571. The van der Waals surface area contributed by atoms with Crippen LogP contribution < -0.4 is 24.4 Å². The molecule has 2 aromatic rings. The summed E-state index contributed by atoms with van der Waals surface area (Å²) < 4.78 is 16.1. The normalized spacial score (nSPS) is 15.9. The van der Waals surface area contributed by atoms with Gasteiger partial charge in [-0.2, -0.15) is 0 Å². The van der Waals surface area contributed by atoms with E-state index in [0.717, 1.165) is 0 Å². The average Bonchev–Trinajstić information content (AvgIpc) is 3.12. The van der Waals surface area contributed by atoms with Crippen LogP contribution in [0, 0.1) is 5.92 Å². The molecular formula is C21H23ClN2O5. The Morgan fingerprint density at radius 1 is 1.17 bits per heavy atom. The largest absolute Gasteiger partial charge is 0.497 e. The highest BCUT2D eigenvalue weighted by molar-refractivity contribution is 6.31. The van der Waals surface area contributed by atoms with Gasteiger partial charge in [-0.1, -0.05) is 17.7 Å². The van der Waals surface area contributed by atoms with Gasteiger partial charge >= 0.3 is 0 Å².